The normalized spacial score (nSPS) is 11.5. The van der Waals surface area contributed by atoms with Crippen molar-refractivity contribution in [2.45, 2.75) is 39.3 Å². The van der Waals surface area contributed by atoms with Gasteiger partial charge < -0.3 is 10.5 Å². The van der Waals surface area contributed by atoms with Crippen LogP contribution in [0.4, 0.5) is 0 Å². The molecule has 0 amide bonds. The van der Waals surface area contributed by atoms with E-state index in [0.29, 0.717) is 17.4 Å². The van der Waals surface area contributed by atoms with E-state index < -0.39 is 0 Å². The van der Waals surface area contributed by atoms with Crippen LogP contribution >= 0.6 is 11.6 Å². The second-order valence-electron chi connectivity index (χ2n) is 4.03. The number of pyridine rings is 1. The zero-order chi connectivity index (χ0) is 11.5. The highest BCUT2D eigenvalue weighted by molar-refractivity contribution is 6.31. The Hall–Kier alpha value is -0.800. The van der Waals surface area contributed by atoms with E-state index in [1.165, 1.54) is 0 Å². The van der Waals surface area contributed by atoms with Crippen LogP contribution in [-0.2, 0) is 6.54 Å². The van der Waals surface area contributed by atoms with Crippen LogP contribution in [0.15, 0.2) is 12.3 Å². The molecule has 0 aliphatic rings. The lowest BCUT2D eigenvalue weighted by molar-refractivity contribution is 0.0989. The third kappa shape index (κ3) is 3.36. The summed E-state index contributed by atoms with van der Waals surface area (Å²) in [5.41, 5.74) is 6.19. The van der Waals surface area contributed by atoms with Crippen molar-refractivity contribution in [3.8, 4) is 5.88 Å². The van der Waals surface area contributed by atoms with Crippen molar-refractivity contribution < 1.29 is 4.74 Å². The lowest BCUT2D eigenvalue weighted by Crippen LogP contribution is -2.27. The smallest absolute Gasteiger partial charge is 0.214 e. The van der Waals surface area contributed by atoms with Crippen LogP contribution < -0.4 is 10.5 Å². The first-order valence-corrected chi connectivity index (χ1v) is 5.40. The van der Waals surface area contributed by atoms with Crippen molar-refractivity contribution in [2.75, 3.05) is 0 Å². The number of hydrogen-bond acceptors (Lipinski definition) is 3. The Morgan fingerprint density at radius 2 is 2.20 bits per heavy atom. The molecule has 1 heterocycles. The fourth-order valence-electron chi connectivity index (χ4n) is 1.03. The number of hydrogen-bond donors (Lipinski definition) is 1. The molecule has 0 saturated heterocycles. The van der Waals surface area contributed by atoms with E-state index >= 15 is 0 Å². The Balaban J connectivity index is 2.87. The molecule has 0 spiro atoms. The Morgan fingerprint density at radius 1 is 1.53 bits per heavy atom. The average Bonchev–Trinajstić information content (AvgIpc) is 2.20. The first kappa shape index (κ1) is 12.3. The predicted octanol–water partition coefficient (Wildman–Crippen LogP) is 2.76. The van der Waals surface area contributed by atoms with Crippen molar-refractivity contribution in [1.29, 1.82) is 0 Å². The van der Waals surface area contributed by atoms with Gasteiger partial charge in [0.1, 0.15) is 5.60 Å². The number of nitrogens with zero attached hydrogens (tertiary/aromatic N) is 1. The van der Waals surface area contributed by atoms with Crippen LogP contribution in [0.1, 0.15) is 32.8 Å². The molecule has 15 heavy (non-hydrogen) atoms. The summed E-state index contributed by atoms with van der Waals surface area (Å²) in [6.45, 7) is 6.50. The first-order chi connectivity index (χ1) is 6.98. The van der Waals surface area contributed by atoms with Crippen LogP contribution in [0, 0.1) is 0 Å². The van der Waals surface area contributed by atoms with Crippen LogP contribution in [0.5, 0.6) is 5.88 Å². The molecule has 1 aromatic rings. The molecule has 0 bridgehead atoms. The summed E-state index contributed by atoms with van der Waals surface area (Å²) < 4.78 is 5.72. The number of aromatic nitrogens is 1. The molecular formula is C11H17ClN2O. The van der Waals surface area contributed by atoms with Crippen molar-refractivity contribution >= 4 is 11.6 Å². The zero-order valence-corrected chi connectivity index (χ0v) is 10.1. The molecule has 1 rings (SSSR count). The largest absolute Gasteiger partial charge is 0.472 e. The number of rotatable bonds is 4. The lowest BCUT2D eigenvalue weighted by atomic mass is 10.1. The standard InChI is InChI=1S/C11H17ClN2O/c1-4-11(2,3)15-10-5-8(6-13)9(12)7-14-10/h5,7H,4,6,13H2,1-3H3. The monoisotopic (exact) mass is 228 g/mol. The Labute approximate surface area is 95.6 Å². The molecule has 0 atom stereocenters. The number of ether oxygens (including phenoxy) is 1. The molecule has 1 aromatic heterocycles. The highest BCUT2D eigenvalue weighted by Gasteiger charge is 2.17. The molecule has 3 nitrogen and oxygen atoms in total. The van der Waals surface area contributed by atoms with Gasteiger partial charge in [0, 0.05) is 18.8 Å². The maximum atomic E-state index is 5.90. The van der Waals surface area contributed by atoms with Gasteiger partial charge >= 0.3 is 0 Å². The topological polar surface area (TPSA) is 48.1 Å². The molecule has 0 aliphatic carbocycles. The molecule has 0 radical (unpaired) electrons. The summed E-state index contributed by atoms with van der Waals surface area (Å²) >= 11 is 5.90. The summed E-state index contributed by atoms with van der Waals surface area (Å²) in [5.74, 6) is 0.576. The zero-order valence-electron chi connectivity index (χ0n) is 9.38. The predicted molar refractivity (Wildman–Crippen MR) is 62.1 cm³/mol. The second-order valence-corrected chi connectivity index (χ2v) is 4.44. The summed E-state index contributed by atoms with van der Waals surface area (Å²) in [4.78, 5) is 4.11. The van der Waals surface area contributed by atoms with Crippen LogP contribution in [0.25, 0.3) is 0 Å². The summed E-state index contributed by atoms with van der Waals surface area (Å²) in [5, 5.41) is 0.583. The van der Waals surface area contributed by atoms with Crippen LogP contribution in [-0.4, -0.2) is 10.6 Å². The minimum Gasteiger partial charge on any atom is -0.472 e. The van der Waals surface area contributed by atoms with E-state index in [1.54, 1.807) is 12.3 Å². The highest BCUT2D eigenvalue weighted by Crippen LogP contribution is 2.23. The van der Waals surface area contributed by atoms with Crippen LogP contribution in [0.3, 0.4) is 0 Å². The van der Waals surface area contributed by atoms with Crippen molar-refractivity contribution in [2.24, 2.45) is 5.73 Å². The fourth-order valence-corrected chi connectivity index (χ4v) is 1.21. The van der Waals surface area contributed by atoms with E-state index in [1.807, 2.05) is 13.8 Å². The summed E-state index contributed by atoms with van der Waals surface area (Å²) in [6, 6.07) is 1.79. The van der Waals surface area contributed by atoms with E-state index in [-0.39, 0.29) is 5.60 Å². The molecule has 0 saturated carbocycles. The second kappa shape index (κ2) is 4.81. The van der Waals surface area contributed by atoms with Gasteiger partial charge in [0.05, 0.1) is 5.02 Å². The molecule has 0 aromatic carbocycles. The van der Waals surface area contributed by atoms with Crippen molar-refractivity contribution in [3.63, 3.8) is 0 Å². The third-order valence-electron chi connectivity index (χ3n) is 2.36. The van der Waals surface area contributed by atoms with E-state index in [9.17, 15) is 0 Å². The third-order valence-corrected chi connectivity index (χ3v) is 2.70. The van der Waals surface area contributed by atoms with Gasteiger partial charge in [0.25, 0.3) is 0 Å². The SMILES string of the molecule is CCC(C)(C)Oc1cc(CN)c(Cl)cn1. The maximum Gasteiger partial charge on any atom is 0.214 e. The maximum absolute atomic E-state index is 5.90. The lowest BCUT2D eigenvalue weighted by Gasteiger charge is -2.24. The molecule has 0 aliphatic heterocycles. The van der Waals surface area contributed by atoms with Gasteiger partial charge in [-0.2, -0.15) is 0 Å². The first-order valence-electron chi connectivity index (χ1n) is 5.02. The number of halogens is 1. The fraction of sp³-hybridized carbons (Fsp3) is 0.545. The van der Waals surface area contributed by atoms with Gasteiger partial charge in [0.2, 0.25) is 5.88 Å². The quantitative estimate of drug-likeness (QED) is 0.862. The van der Waals surface area contributed by atoms with Gasteiger partial charge in [-0.3, -0.25) is 0 Å². The van der Waals surface area contributed by atoms with Crippen LogP contribution in [0.2, 0.25) is 5.02 Å². The highest BCUT2D eigenvalue weighted by atomic mass is 35.5. The van der Waals surface area contributed by atoms with Crippen molar-refractivity contribution in [1.82, 2.24) is 4.98 Å². The Morgan fingerprint density at radius 3 is 2.73 bits per heavy atom. The summed E-state index contributed by atoms with van der Waals surface area (Å²) in [7, 11) is 0. The van der Waals surface area contributed by atoms with E-state index in [4.69, 9.17) is 22.1 Å². The molecular weight excluding hydrogens is 212 g/mol. The minimum atomic E-state index is -0.216. The Kier molecular flexibility index (Phi) is 3.94. The van der Waals surface area contributed by atoms with Gasteiger partial charge in [-0.15, -0.1) is 0 Å². The van der Waals surface area contributed by atoms with Crippen molar-refractivity contribution in [3.05, 3.63) is 22.8 Å². The average molecular weight is 229 g/mol. The van der Waals surface area contributed by atoms with E-state index in [2.05, 4.69) is 11.9 Å². The molecule has 4 heteroatoms. The minimum absolute atomic E-state index is 0.216. The molecule has 2 N–H and O–H groups in total. The molecule has 84 valence electrons. The van der Waals surface area contributed by atoms with Gasteiger partial charge in [-0.25, -0.2) is 4.98 Å². The van der Waals surface area contributed by atoms with E-state index in [0.717, 1.165) is 12.0 Å². The Bertz CT molecular complexity index is 339. The summed E-state index contributed by atoms with van der Waals surface area (Å²) in [6.07, 6.45) is 2.49. The molecule has 0 unspecified atom stereocenters. The van der Waals surface area contributed by atoms with Gasteiger partial charge in [-0.05, 0) is 25.8 Å². The van der Waals surface area contributed by atoms with Gasteiger partial charge in [-0.1, -0.05) is 18.5 Å². The molecule has 0 fully saturated rings. The van der Waals surface area contributed by atoms with Gasteiger partial charge in [0.15, 0.2) is 0 Å². The number of nitrogens with two attached hydrogens (primary N) is 1.